The van der Waals surface area contributed by atoms with Crippen molar-refractivity contribution >= 4 is 11.9 Å². The molecule has 0 saturated carbocycles. The van der Waals surface area contributed by atoms with Gasteiger partial charge < -0.3 is 30.7 Å². The van der Waals surface area contributed by atoms with Gasteiger partial charge in [0.25, 0.3) is 0 Å². The minimum atomic E-state index is -0.0778. The summed E-state index contributed by atoms with van der Waals surface area (Å²) in [6.45, 7) is 12.7. The van der Waals surface area contributed by atoms with Gasteiger partial charge in [-0.2, -0.15) is 0 Å². The average Bonchev–Trinajstić information content (AvgIpc) is 2.77. The predicted octanol–water partition coefficient (Wildman–Crippen LogP) is 1.98. The molecule has 0 aliphatic rings. The molecule has 0 aliphatic heterocycles. The minimum Gasteiger partial charge on any atom is -0.466 e. The Bertz CT molecular complexity index is 411. The Morgan fingerprint density at radius 1 is 0.516 bits per heavy atom. The third kappa shape index (κ3) is 24.9. The molecule has 0 unspecified atom stereocenters. The number of nitrogens with one attached hydrogen (secondary N) is 4. The Hall–Kier alpha value is -1.22. The lowest BCUT2D eigenvalue weighted by Gasteiger charge is -2.09. The topological polar surface area (TPSA) is 101 Å². The number of unbranched alkanes of at least 4 members (excludes halogenated alkanes) is 3. The van der Waals surface area contributed by atoms with Crippen molar-refractivity contribution in [3.05, 3.63) is 0 Å². The second-order valence-corrected chi connectivity index (χ2v) is 7.71. The third-order valence-corrected chi connectivity index (χ3v) is 4.63. The molecular formula is C23H48N4O4. The summed E-state index contributed by atoms with van der Waals surface area (Å²) in [6, 6.07) is 0. The van der Waals surface area contributed by atoms with Crippen molar-refractivity contribution in [2.75, 3.05) is 65.6 Å². The van der Waals surface area contributed by atoms with Gasteiger partial charge in [-0.05, 0) is 51.6 Å². The molecule has 4 N–H and O–H groups in total. The van der Waals surface area contributed by atoms with Crippen LogP contribution in [0.3, 0.4) is 0 Å². The minimum absolute atomic E-state index is 0.0674. The van der Waals surface area contributed by atoms with Gasteiger partial charge in [0, 0.05) is 52.1 Å². The molecule has 0 fully saturated rings. The zero-order valence-electron chi connectivity index (χ0n) is 20.1. The van der Waals surface area contributed by atoms with Crippen molar-refractivity contribution in [3.8, 4) is 0 Å². The molecule has 0 radical (unpaired) electrons. The highest BCUT2D eigenvalue weighted by molar-refractivity contribution is 5.69. The maximum absolute atomic E-state index is 11.5. The summed E-state index contributed by atoms with van der Waals surface area (Å²) in [5.74, 6) is -0.145. The summed E-state index contributed by atoms with van der Waals surface area (Å²) in [6.07, 6.45) is 7.70. The lowest BCUT2D eigenvalue weighted by atomic mass is 10.2. The number of hydrogen-bond donors (Lipinski definition) is 4. The van der Waals surface area contributed by atoms with Crippen molar-refractivity contribution in [3.63, 3.8) is 0 Å². The van der Waals surface area contributed by atoms with Gasteiger partial charge in [-0.15, -0.1) is 0 Å². The third-order valence-electron chi connectivity index (χ3n) is 4.63. The van der Waals surface area contributed by atoms with Crippen molar-refractivity contribution in [1.82, 2.24) is 21.3 Å². The van der Waals surface area contributed by atoms with Crippen LogP contribution in [0.15, 0.2) is 0 Å². The lowest BCUT2D eigenvalue weighted by molar-refractivity contribution is -0.144. The van der Waals surface area contributed by atoms with Crippen LogP contribution in [0.5, 0.6) is 0 Å². The van der Waals surface area contributed by atoms with Crippen LogP contribution in [0, 0.1) is 0 Å². The van der Waals surface area contributed by atoms with Crippen LogP contribution in [0.25, 0.3) is 0 Å². The number of ether oxygens (including phenoxy) is 2. The van der Waals surface area contributed by atoms with Crippen molar-refractivity contribution < 1.29 is 19.1 Å². The quantitative estimate of drug-likeness (QED) is 0.132. The summed E-state index contributed by atoms with van der Waals surface area (Å²) in [7, 11) is 0. The Morgan fingerprint density at radius 2 is 0.935 bits per heavy atom. The zero-order chi connectivity index (χ0) is 22.8. The molecule has 0 atom stereocenters. The highest BCUT2D eigenvalue weighted by Crippen LogP contribution is 1.98. The van der Waals surface area contributed by atoms with E-state index in [1.165, 1.54) is 0 Å². The van der Waals surface area contributed by atoms with E-state index < -0.39 is 0 Å². The van der Waals surface area contributed by atoms with E-state index >= 15 is 0 Å². The first-order valence-corrected chi connectivity index (χ1v) is 12.3. The lowest BCUT2D eigenvalue weighted by Crippen LogP contribution is -2.35. The molecule has 0 heterocycles. The Kier molecular flexibility index (Phi) is 24.1. The molecule has 0 bridgehead atoms. The first-order chi connectivity index (χ1) is 15.2. The van der Waals surface area contributed by atoms with E-state index in [2.05, 4.69) is 28.2 Å². The molecule has 0 aliphatic carbocycles. The smallest absolute Gasteiger partial charge is 0.305 e. The van der Waals surface area contributed by atoms with Gasteiger partial charge >= 0.3 is 11.9 Å². The van der Waals surface area contributed by atoms with Gasteiger partial charge in [0.15, 0.2) is 0 Å². The van der Waals surface area contributed by atoms with Crippen LogP contribution >= 0.6 is 0 Å². The van der Waals surface area contributed by atoms with Crippen molar-refractivity contribution in [2.45, 2.75) is 71.6 Å². The molecule has 0 saturated heterocycles. The summed E-state index contributed by atoms with van der Waals surface area (Å²) in [5, 5.41) is 13.6. The van der Waals surface area contributed by atoms with E-state index in [1.54, 1.807) is 0 Å². The van der Waals surface area contributed by atoms with Gasteiger partial charge in [0.1, 0.15) is 0 Å². The van der Waals surface area contributed by atoms with Gasteiger partial charge in [0.05, 0.1) is 13.2 Å². The standard InChI is InChI=1S/C23H48N4O4/c1-3-5-21-31-23(29)11-7-9-13-25-15-17-27-19-18-26-16-14-24-12-8-6-10-22(28)30-20-4-2/h24-27H,3-21H2,1-2H3. The number of esters is 2. The molecule has 31 heavy (non-hydrogen) atoms. The number of carbonyl (C=O) groups excluding carboxylic acids is 2. The summed E-state index contributed by atoms with van der Waals surface area (Å²) in [5.41, 5.74) is 0. The fourth-order valence-electron chi connectivity index (χ4n) is 2.76. The molecular weight excluding hydrogens is 396 g/mol. The van der Waals surface area contributed by atoms with Crippen molar-refractivity contribution in [2.24, 2.45) is 0 Å². The van der Waals surface area contributed by atoms with Crippen LogP contribution in [-0.4, -0.2) is 77.5 Å². The van der Waals surface area contributed by atoms with Crippen LogP contribution < -0.4 is 21.3 Å². The average molecular weight is 445 g/mol. The van der Waals surface area contributed by atoms with E-state index in [4.69, 9.17) is 9.47 Å². The first-order valence-electron chi connectivity index (χ1n) is 12.3. The molecule has 0 spiro atoms. The van der Waals surface area contributed by atoms with Gasteiger partial charge in [-0.25, -0.2) is 0 Å². The Labute approximate surface area is 190 Å². The molecule has 0 amide bonds. The number of carbonyl (C=O) groups is 2. The zero-order valence-corrected chi connectivity index (χ0v) is 20.1. The van der Waals surface area contributed by atoms with E-state index in [-0.39, 0.29) is 11.9 Å². The fourth-order valence-corrected chi connectivity index (χ4v) is 2.76. The summed E-state index contributed by atoms with van der Waals surface area (Å²) >= 11 is 0. The van der Waals surface area contributed by atoms with Crippen LogP contribution in [-0.2, 0) is 19.1 Å². The summed E-state index contributed by atoms with van der Waals surface area (Å²) < 4.78 is 10.2. The van der Waals surface area contributed by atoms with Gasteiger partial charge in [0.2, 0.25) is 0 Å². The maximum atomic E-state index is 11.5. The molecule has 8 heteroatoms. The molecule has 184 valence electrons. The molecule has 0 aromatic rings. The van der Waals surface area contributed by atoms with Crippen LogP contribution in [0.2, 0.25) is 0 Å². The van der Waals surface area contributed by atoms with E-state index in [1.807, 2.05) is 6.92 Å². The second-order valence-electron chi connectivity index (χ2n) is 7.71. The molecule has 0 aromatic carbocycles. The van der Waals surface area contributed by atoms with Gasteiger partial charge in [-0.1, -0.05) is 20.3 Å². The van der Waals surface area contributed by atoms with E-state index in [0.29, 0.717) is 26.1 Å². The number of rotatable bonds is 24. The number of hydrogen-bond acceptors (Lipinski definition) is 8. The van der Waals surface area contributed by atoms with Crippen LogP contribution in [0.1, 0.15) is 71.6 Å². The predicted molar refractivity (Wildman–Crippen MR) is 126 cm³/mol. The highest BCUT2D eigenvalue weighted by atomic mass is 16.5. The second kappa shape index (κ2) is 25.0. The Balaban J connectivity index is 3.12. The van der Waals surface area contributed by atoms with Crippen molar-refractivity contribution in [1.29, 1.82) is 0 Å². The molecule has 0 rings (SSSR count). The largest absolute Gasteiger partial charge is 0.466 e. The maximum Gasteiger partial charge on any atom is 0.305 e. The first kappa shape index (κ1) is 29.8. The monoisotopic (exact) mass is 444 g/mol. The normalized spacial score (nSPS) is 10.9. The molecule has 0 aromatic heterocycles. The van der Waals surface area contributed by atoms with E-state index in [0.717, 1.165) is 97.3 Å². The summed E-state index contributed by atoms with van der Waals surface area (Å²) in [4.78, 5) is 22.8. The fraction of sp³-hybridized carbons (Fsp3) is 0.913. The van der Waals surface area contributed by atoms with Gasteiger partial charge in [-0.3, -0.25) is 9.59 Å². The van der Waals surface area contributed by atoms with E-state index in [9.17, 15) is 9.59 Å². The molecule has 8 nitrogen and oxygen atoms in total. The Morgan fingerprint density at radius 3 is 1.35 bits per heavy atom. The van der Waals surface area contributed by atoms with Crippen LogP contribution in [0.4, 0.5) is 0 Å². The highest BCUT2D eigenvalue weighted by Gasteiger charge is 2.02. The SMILES string of the molecule is CCCCOC(=O)CCCCNCCNCCNCCNCCCCC(=O)OCCC.